The highest BCUT2D eigenvalue weighted by Gasteiger charge is 2.36. The van der Waals surface area contributed by atoms with Crippen molar-refractivity contribution in [1.29, 1.82) is 0 Å². The molecule has 0 saturated carbocycles. The Labute approximate surface area is 94.3 Å². The van der Waals surface area contributed by atoms with E-state index in [1.165, 1.54) is 6.08 Å². The summed E-state index contributed by atoms with van der Waals surface area (Å²) in [5.74, 6) is -3.38. The molecule has 0 saturated heterocycles. The van der Waals surface area contributed by atoms with Crippen LogP contribution in [0.25, 0.3) is 6.08 Å². The molecule has 0 aromatic heterocycles. The fraction of sp³-hybridized carbons (Fsp3) is 0.100. The minimum Gasteiger partial charge on any atom is -0.478 e. The van der Waals surface area contributed by atoms with Crippen LogP contribution in [0.2, 0.25) is 0 Å². The topological polar surface area (TPSA) is 49.3 Å². The number of nitrogens with one attached hydrogen (secondary N) is 1. The second-order valence-corrected chi connectivity index (χ2v) is 3.93. The Morgan fingerprint density at radius 2 is 2.00 bits per heavy atom. The van der Waals surface area contributed by atoms with Crippen LogP contribution in [0, 0.1) is 11.6 Å². The summed E-state index contributed by atoms with van der Waals surface area (Å²) >= 11 is 5.72. The molecule has 1 unspecified atom stereocenters. The number of fused-ring (bicyclic) bond motifs is 1. The normalized spacial score (nSPS) is 22.4. The highest BCUT2D eigenvalue weighted by Crippen LogP contribution is 2.32. The fourth-order valence-corrected chi connectivity index (χ4v) is 1.54. The molecule has 1 heterocycles. The summed E-state index contributed by atoms with van der Waals surface area (Å²) in [6, 6.07) is 1.83. The molecule has 0 aliphatic carbocycles. The average Bonchev–Trinajstić information content (AvgIpc) is 2.20. The summed E-state index contributed by atoms with van der Waals surface area (Å²) in [7, 11) is 0. The molecule has 84 valence electrons. The molecule has 1 aliphatic rings. The van der Waals surface area contributed by atoms with Gasteiger partial charge in [-0.05, 0) is 12.1 Å². The predicted octanol–water partition coefficient (Wildman–Crippen LogP) is 2.42. The molecule has 0 fully saturated rings. The van der Waals surface area contributed by atoms with Gasteiger partial charge in [0.2, 0.25) is 5.00 Å². The summed E-state index contributed by atoms with van der Waals surface area (Å²) < 4.78 is 25.8. The lowest BCUT2D eigenvalue weighted by Gasteiger charge is -2.26. The Morgan fingerprint density at radius 3 is 2.62 bits per heavy atom. The van der Waals surface area contributed by atoms with E-state index in [2.05, 4.69) is 5.32 Å². The number of aliphatic carboxylic acids is 1. The Balaban J connectivity index is 2.49. The number of carbonyl (C=O) groups is 1. The number of rotatable bonds is 1. The van der Waals surface area contributed by atoms with Gasteiger partial charge < -0.3 is 10.4 Å². The zero-order valence-corrected chi connectivity index (χ0v) is 8.55. The van der Waals surface area contributed by atoms with Gasteiger partial charge in [-0.2, -0.15) is 0 Å². The van der Waals surface area contributed by atoms with Gasteiger partial charge in [-0.25, -0.2) is 13.6 Å². The zero-order valence-electron chi connectivity index (χ0n) is 7.80. The predicted molar refractivity (Wildman–Crippen MR) is 55.2 cm³/mol. The van der Waals surface area contributed by atoms with E-state index in [4.69, 9.17) is 16.7 Å². The summed E-state index contributed by atoms with van der Waals surface area (Å²) in [6.07, 6.45) is 2.49. The van der Waals surface area contributed by atoms with Gasteiger partial charge in [0.15, 0.2) is 11.6 Å². The molecule has 3 nitrogen and oxygen atoms in total. The number of anilines is 1. The van der Waals surface area contributed by atoms with Crippen LogP contribution in [0.3, 0.4) is 0 Å². The molecule has 0 bridgehead atoms. The van der Waals surface area contributed by atoms with Crippen molar-refractivity contribution in [1.82, 2.24) is 0 Å². The van der Waals surface area contributed by atoms with Crippen molar-refractivity contribution in [3.8, 4) is 0 Å². The van der Waals surface area contributed by atoms with E-state index in [9.17, 15) is 13.6 Å². The maximum absolute atomic E-state index is 12.9. The summed E-state index contributed by atoms with van der Waals surface area (Å²) in [5, 5.41) is 11.2. The van der Waals surface area contributed by atoms with Crippen LogP contribution >= 0.6 is 11.6 Å². The summed E-state index contributed by atoms with van der Waals surface area (Å²) in [4.78, 5) is 9.00. The van der Waals surface area contributed by atoms with E-state index in [-0.39, 0.29) is 5.69 Å². The first-order valence-corrected chi connectivity index (χ1v) is 4.69. The highest BCUT2D eigenvalue weighted by molar-refractivity contribution is 6.37. The molecule has 1 atom stereocenters. The molecule has 0 amide bonds. The number of benzene rings is 1. The SMILES string of the molecule is O=C(O)C1(Cl)C=Cc2cc(F)c(F)cc2N1. The van der Waals surface area contributed by atoms with Gasteiger partial charge in [-0.15, -0.1) is 0 Å². The highest BCUT2D eigenvalue weighted by atomic mass is 35.5. The molecular weight excluding hydrogens is 240 g/mol. The second-order valence-electron chi connectivity index (χ2n) is 3.33. The van der Waals surface area contributed by atoms with E-state index in [1.807, 2.05) is 0 Å². The Kier molecular flexibility index (Phi) is 2.35. The van der Waals surface area contributed by atoms with E-state index >= 15 is 0 Å². The van der Waals surface area contributed by atoms with Gasteiger partial charge >= 0.3 is 5.97 Å². The van der Waals surface area contributed by atoms with Crippen molar-refractivity contribution in [2.75, 3.05) is 5.32 Å². The number of hydrogen-bond acceptors (Lipinski definition) is 2. The average molecular weight is 246 g/mol. The van der Waals surface area contributed by atoms with E-state index < -0.39 is 22.6 Å². The third kappa shape index (κ3) is 1.63. The first-order valence-electron chi connectivity index (χ1n) is 4.31. The van der Waals surface area contributed by atoms with Crippen LogP contribution in [0.15, 0.2) is 18.2 Å². The van der Waals surface area contributed by atoms with Crippen LogP contribution in [-0.2, 0) is 4.79 Å². The first kappa shape index (κ1) is 10.9. The van der Waals surface area contributed by atoms with Gasteiger partial charge in [0.1, 0.15) is 0 Å². The summed E-state index contributed by atoms with van der Waals surface area (Å²) in [5.41, 5.74) is 0.482. The minimum atomic E-state index is -1.82. The maximum Gasteiger partial charge on any atom is 0.349 e. The number of halogens is 3. The minimum absolute atomic E-state index is 0.138. The van der Waals surface area contributed by atoms with E-state index in [1.54, 1.807) is 0 Å². The monoisotopic (exact) mass is 245 g/mol. The smallest absolute Gasteiger partial charge is 0.349 e. The van der Waals surface area contributed by atoms with E-state index in [0.29, 0.717) is 5.56 Å². The first-order chi connectivity index (χ1) is 7.42. The molecule has 1 aromatic carbocycles. The quantitative estimate of drug-likeness (QED) is 0.590. The third-order valence-corrected chi connectivity index (χ3v) is 2.59. The molecule has 16 heavy (non-hydrogen) atoms. The van der Waals surface area contributed by atoms with Crippen molar-refractivity contribution in [2.45, 2.75) is 5.00 Å². The second kappa shape index (κ2) is 3.45. The lowest BCUT2D eigenvalue weighted by Crippen LogP contribution is -2.40. The van der Waals surface area contributed by atoms with Crippen LogP contribution in [-0.4, -0.2) is 16.1 Å². The van der Waals surface area contributed by atoms with Gasteiger partial charge in [0, 0.05) is 17.3 Å². The number of hydrogen-bond donors (Lipinski definition) is 2. The fourth-order valence-electron chi connectivity index (χ4n) is 1.38. The molecule has 2 rings (SSSR count). The van der Waals surface area contributed by atoms with Crippen molar-refractivity contribution in [3.63, 3.8) is 0 Å². The van der Waals surface area contributed by atoms with Crippen LogP contribution in [0.1, 0.15) is 5.56 Å². The van der Waals surface area contributed by atoms with Crippen molar-refractivity contribution >= 4 is 29.3 Å². The summed E-state index contributed by atoms with van der Waals surface area (Å²) in [6.45, 7) is 0. The molecular formula is C10H6ClF2NO2. The molecule has 1 aliphatic heterocycles. The van der Waals surface area contributed by atoms with E-state index in [0.717, 1.165) is 18.2 Å². The van der Waals surface area contributed by atoms with Gasteiger partial charge in [0.25, 0.3) is 0 Å². The van der Waals surface area contributed by atoms with Gasteiger partial charge in [-0.1, -0.05) is 17.7 Å². The lowest BCUT2D eigenvalue weighted by molar-refractivity contribution is -0.138. The molecule has 0 spiro atoms. The Morgan fingerprint density at radius 1 is 1.38 bits per heavy atom. The van der Waals surface area contributed by atoms with Crippen molar-refractivity contribution in [2.24, 2.45) is 0 Å². The Bertz CT molecular complexity index is 504. The van der Waals surface area contributed by atoms with Crippen LogP contribution in [0.5, 0.6) is 0 Å². The standard InChI is InChI=1S/C10H6ClF2NO2/c11-10(9(15)16)2-1-5-3-6(12)7(13)4-8(5)14-10/h1-4,14H,(H,15,16). The number of carboxylic acids is 1. The molecule has 0 radical (unpaired) electrons. The largest absolute Gasteiger partial charge is 0.478 e. The van der Waals surface area contributed by atoms with Gasteiger partial charge in [0.05, 0.1) is 0 Å². The number of alkyl halides is 1. The third-order valence-electron chi connectivity index (χ3n) is 2.21. The van der Waals surface area contributed by atoms with Crippen molar-refractivity contribution < 1.29 is 18.7 Å². The maximum atomic E-state index is 12.9. The number of carboxylic acid groups (broad SMARTS) is 1. The zero-order chi connectivity index (χ0) is 11.9. The lowest BCUT2D eigenvalue weighted by atomic mass is 10.0. The molecule has 1 aromatic rings. The van der Waals surface area contributed by atoms with Crippen LogP contribution in [0.4, 0.5) is 14.5 Å². The van der Waals surface area contributed by atoms with Crippen molar-refractivity contribution in [3.05, 3.63) is 35.4 Å². The van der Waals surface area contributed by atoms with Crippen LogP contribution < -0.4 is 5.32 Å². The molecule has 2 N–H and O–H groups in total. The Hall–Kier alpha value is -1.62. The molecule has 6 heteroatoms. The van der Waals surface area contributed by atoms with Gasteiger partial charge in [-0.3, -0.25) is 0 Å².